The Kier molecular flexibility index (Phi) is 6.65. The van der Waals surface area contributed by atoms with Gasteiger partial charge in [0.05, 0.1) is 24.2 Å². The summed E-state index contributed by atoms with van der Waals surface area (Å²) >= 11 is 0. The zero-order valence-corrected chi connectivity index (χ0v) is 18.8. The van der Waals surface area contributed by atoms with Crippen LogP contribution in [-0.2, 0) is 20.2 Å². The highest BCUT2D eigenvalue weighted by Gasteiger charge is 2.26. The second-order valence-corrected chi connectivity index (χ2v) is 10.5. The van der Waals surface area contributed by atoms with Gasteiger partial charge < -0.3 is 10.1 Å². The Bertz CT molecular complexity index is 971. The van der Waals surface area contributed by atoms with Crippen LogP contribution in [0.25, 0.3) is 0 Å². The van der Waals surface area contributed by atoms with E-state index in [0.717, 1.165) is 5.56 Å². The topological polar surface area (TPSA) is 75.7 Å². The number of carbonyl (C=O) groups excluding carboxylic acids is 1. The number of nitrogens with one attached hydrogen (secondary N) is 1. The fourth-order valence-electron chi connectivity index (χ4n) is 3.35. The van der Waals surface area contributed by atoms with Crippen molar-refractivity contribution >= 4 is 15.9 Å². The minimum absolute atomic E-state index is 0.0777. The van der Waals surface area contributed by atoms with Gasteiger partial charge in [-0.15, -0.1) is 0 Å². The smallest absolute Gasteiger partial charge is 0.251 e. The molecule has 1 amide bonds. The summed E-state index contributed by atoms with van der Waals surface area (Å²) in [5, 5.41) is 2.98. The van der Waals surface area contributed by atoms with Crippen LogP contribution in [0.2, 0.25) is 0 Å². The number of sulfonamides is 1. The van der Waals surface area contributed by atoms with E-state index in [9.17, 15) is 13.2 Å². The quantitative estimate of drug-likeness (QED) is 0.788. The van der Waals surface area contributed by atoms with Crippen LogP contribution in [0, 0.1) is 0 Å². The SMILES string of the molecule is C[C@@H](NC(=O)c1ccc(S(=O)(=O)N2CCOCC2)cc1)c1ccc(C(C)(C)C)cc1. The van der Waals surface area contributed by atoms with E-state index in [4.69, 9.17) is 4.74 Å². The fraction of sp³-hybridized carbons (Fsp3) is 0.435. The first kappa shape index (κ1) is 22.5. The monoisotopic (exact) mass is 430 g/mol. The van der Waals surface area contributed by atoms with Crippen LogP contribution in [0.5, 0.6) is 0 Å². The largest absolute Gasteiger partial charge is 0.379 e. The molecule has 0 unspecified atom stereocenters. The minimum Gasteiger partial charge on any atom is -0.379 e. The average Bonchev–Trinajstić information content (AvgIpc) is 2.74. The maximum atomic E-state index is 12.7. The number of morpholine rings is 1. The molecule has 30 heavy (non-hydrogen) atoms. The molecular formula is C23H30N2O4S. The molecule has 1 aliphatic heterocycles. The number of ether oxygens (including phenoxy) is 1. The molecule has 1 saturated heterocycles. The lowest BCUT2D eigenvalue weighted by Crippen LogP contribution is -2.40. The molecule has 0 aliphatic carbocycles. The van der Waals surface area contributed by atoms with Crippen LogP contribution in [0.4, 0.5) is 0 Å². The molecular weight excluding hydrogens is 400 g/mol. The molecule has 1 N–H and O–H groups in total. The van der Waals surface area contributed by atoms with Crippen molar-refractivity contribution in [2.45, 2.75) is 44.0 Å². The molecule has 0 saturated carbocycles. The zero-order chi connectivity index (χ0) is 21.9. The third kappa shape index (κ3) is 5.09. The fourth-order valence-corrected chi connectivity index (χ4v) is 4.76. The molecule has 1 aliphatic rings. The number of carbonyl (C=O) groups is 1. The van der Waals surface area contributed by atoms with Crippen LogP contribution in [0.15, 0.2) is 53.4 Å². The van der Waals surface area contributed by atoms with Crippen molar-refractivity contribution in [1.29, 1.82) is 0 Å². The van der Waals surface area contributed by atoms with E-state index in [2.05, 4.69) is 38.2 Å². The summed E-state index contributed by atoms with van der Waals surface area (Å²) in [4.78, 5) is 12.8. The molecule has 6 nitrogen and oxygen atoms in total. The van der Waals surface area contributed by atoms with Gasteiger partial charge in [-0.2, -0.15) is 4.31 Å². The van der Waals surface area contributed by atoms with Gasteiger partial charge in [-0.05, 0) is 47.7 Å². The maximum Gasteiger partial charge on any atom is 0.251 e. The van der Waals surface area contributed by atoms with E-state index in [-0.39, 0.29) is 22.3 Å². The number of benzene rings is 2. The second kappa shape index (κ2) is 8.88. The molecule has 162 valence electrons. The summed E-state index contributed by atoms with van der Waals surface area (Å²) in [5.74, 6) is -0.238. The summed E-state index contributed by atoms with van der Waals surface area (Å²) in [6.07, 6.45) is 0. The summed E-state index contributed by atoms with van der Waals surface area (Å²) in [6.45, 7) is 9.90. The van der Waals surface area contributed by atoms with Crippen molar-refractivity contribution in [3.8, 4) is 0 Å². The number of nitrogens with zero attached hydrogens (tertiary/aromatic N) is 1. The van der Waals surface area contributed by atoms with E-state index in [1.54, 1.807) is 12.1 Å². The molecule has 3 rings (SSSR count). The highest BCUT2D eigenvalue weighted by atomic mass is 32.2. The first-order valence-corrected chi connectivity index (χ1v) is 11.6. The molecule has 1 fully saturated rings. The van der Waals surface area contributed by atoms with Gasteiger partial charge in [0.15, 0.2) is 0 Å². The highest BCUT2D eigenvalue weighted by Crippen LogP contribution is 2.24. The zero-order valence-electron chi connectivity index (χ0n) is 18.0. The summed E-state index contributed by atoms with van der Waals surface area (Å²) in [6, 6.07) is 14.2. The van der Waals surface area contributed by atoms with Crippen LogP contribution in [0.3, 0.4) is 0 Å². The van der Waals surface area contributed by atoms with Crippen LogP contribution in [-0.4, -0.2) is 44.9 Å². The molecule has 1 atom stereocenters. The van der Waals surface area contributed by atoms with E-state index in [1.165, 1.54) is 22.0 Å². The van der Waals surface area contributed by atoms with E-state index >= 15 is 0 Å². The number of rotatable bonds is 5. The predicted octanol–water partition coefficient (Wildman–Crippen LogP) is 3.50. The third-order valence-corrected chi connectivity index (χ3v) is 7.26. The summed E-state index contributed by atoms with van der Waals surface area (Å²) in [7, 11) is -3.57. The van der Waals surface area contributed by atoms with Crippen molar-refractivity contribution in [2.24, 2.45) is 0 Å². The third-order valence-electron chi connectivity index (χ3n) is 5.35. The molecule has 0 radical (unpaired) electrons. The number of hydrogen-bond donors (Lipinski definition) is 1. The number of hydrogen-bond acceptors (Lipinski definition) is 4. The molecule has 0 aromatic heterocycles. The van der Waals surface area contributed by atoms with Crippen LogP contribution < -0.4 is 5.32 Å². The Morgan fingerprint density at radius 2 is 1.57 bits per heavy atom. The van der Waals surface area contributed by atoms with Crippen molar-refractivity contribution in [3.05, 3.63) is 65.2 Å². The Morgan fingerprint density at radius 3 is 2.10 bits per heavy atom. The summed E-state index contributed by atoms with van der Waals surface area (Å²) in [5.41, 5.74) is 2.76. The van der Waals surface area contributed by atoms with Gasteiger partial charge in [-0.25, -0.2) is 8.42 Å². The lowest BCUT2D eigenvalue weighted by molar-refractivity contribution is 0.0730. The first-order valence-electron chi connectivity index (χ1n) is 10.2. The molecule has 2 aromatic rings. The van der Waals surface area contributed by atoms with Crippen molar-refractivity contribution in [3.63, 3.8) is 0 Å². The van der Waals surface area contributed by atoms with Crippen LogP contribution in [0.1, 0.15) is 55.2 Å². The van der Waals surface area contributed by atoms with Gasteiger partial charge in [0, 0.05) is 18.7 Å². The molecule has 7 heteroatoms. The lowest BCUT2D eigenvalue weighted by atomic mass is 9.86. The van der Waals surface area contributed by atoms with Crippen molar-refractivity contribution in [2.75, 3.05) is 26.3 Å². The van der Waals surface area contributed by atoms with Gasteiger partial charge >= 0.3 is 0 Å². The Hall–Kier alpha value is -2.22. The molecule has 0 spiro atoms. The van der Waals surface area contributed by atoms with Gasteiger partial charge in [-0.1, -0.05) is 45.0 Å². The first-order chi connectivity index (χ1) is 14.1. The van der Waals surface area contributed by atoms with E-state index in [0.29, 0.717) is 31.9 Å². The summed E-state index contributed by atoms with van der Waals surface area (Å²) < 4.78 is 32.0. The number of amides is 1. The van der Waals surface area contributed by atoms with Crippen molar-refractivity contribution < 1.29 is 17.9 Å². The van der Waals surface area contributed by atoms with Gasteiger partial charge in [-0.3, -0.25) is 4.79 Å². The molecule has 1 heterocycles. The van der Waals surface area contributed by atoms with E-state index in [1.807, 2.05) is 19.1 Å². The van der Waals surface area contributed by atoms with Gasteiger partial charge in [0.1, 0.15) is 0 Å². The van der Waals surface area contributed by atoms with Gasteiger partial charge in [0.25, 0.3) is 5.91 Å². The van der Waals surface area contributed by atoms with Gasteiger partial charge in [0.2, 0.25) is 10.0 Å². The Labute approximate surface area is 179 Å². The Balaban J connectivity index is 1.67. The average molecular weight is 431 g/mol. The van der Waals surface area contributed by atoms with Crippen LogP contribution >= 0.6 is 0 Å². The highest BCUT2D eigenvalue weighted by molar-refractivity contribution is 7.89. The Morgan fingerprint density at radius 1 is 1.00 bits per heavy atom. The normalized spacial score (nSPS) is 16.8. The standard InChI is InChI=1S/C23H30N2O4S/c1-17(18-5-9-20(10-6-18)23(2,3)4)24-22(26)19-7-11-21(12-8-19)30(27,28)25-13-15-29-16-14-25/h5-12,17H,13-16H2,1-4H3,(H,24,26)/t17-/m1/s1. The second-order valence-electron chi connectivity index (χ2n) is 8.61. The lowest BCUT2D eigenvalue weighted by Gasteiger charge is -2.26. The maximum absolute atomic E-state index is 12.7. The van der Waals surface area contributed by atoms with E-state index < -0.39 is 10.0 Å². The molecule has 0 bridgehead atoms. The predicted molar refractivity (Wildman–Crippen MR) is 117 cm³/mol. The molecule has 2 aromatic carbocycles. The van der Waals surface area contributed by atoms with Crippen molar-refractivity contribution in [1.82, 2.24) is 9.62 Å². The minimum atomic E-state index is -3.57.